The lowest BCUT2D eigenvalue weighted by Gasteiger charge is -2.27. The van der Waals surface area contributed by atoms with Crippen molar-refractivity contribution in [3.63, 3.8) is 0 Å². The standard InChI is InChI=1S/C19H19ClINO2/c1-19(10-23,11-24)22-9-16-15-8-12-4-2-3-5-13(12)18(20)14(15)6-7-17(16)21/h2-8,22-24H,9-11H2,1H3. The first kappa shape index (κ1) is 17.9. The molecule has 3 rings (SSSR count). The third-order valence-corrected chi connectivity index (χ3v) is 5.84. The molecule has 0 heterocycles. The van der Waals surface area contributed by atoms with Crippen molar-refractivity contribution < 1.29 is 10.2 Å². The largest absolute Gasteiger partial charge is 0.394 e. The van der Waals surface area contributed by atoms with Crippen molar-refractivity contribution in [2.45, 2.75) is 19.0 Å². The zero-order chi connectivity index (χ0) is 17.3. The summed E-state index contributed by atoms with van der Waals surface area (Å²) in [4.78, 5) is 0. The van der Waals surface area contributed by atoms with E-state index in [9.17, 15) is 10.2 Å². The average Bonchev–Trinajstić information content (AvgIpc) is 2.61. The summed E-state index contributed by atoms with van der Waals surface area (Å²) in [5.74, 6) is 0. The molecule has 0 aliphatic carbocycles. The van der Waals surface area contributed by atoms with Crippen LogP contribution in [0.3, 0.4) is 0 Å². The van der Waals surface area contributed by atoms with Gasteiger partial charge in [0.25, 0.3) is 0 Å². The Morgan fingerprint density at radius 1 is 1.04 bits per heavy atom. The first-order chi connectivity index (χ1) is 11.5. The highest BCUT2D eigenvalue weighted by Crippen LogP contribution is 2.35. The summed E-state index contributed by atoms with van der Waals surface area (Å²) in [5.41, 5.74) is 0.403. The Hall–Kier alpha value is -0.920. The minimum absolute atomic E-state index is 0.130. The molecule has 0 aliphatic rings. The van der Waals surface area contributed by atoms with Gasteiger partial charge in [-0.1, -0.05) is 41.9 Å². The van der Waals surface area contributed by atoms with Crippen LogP contribution in [0.1, 0.15) is 12.5 Å². The molecule has 0 amide bonds. The summed E-state index contributed by atoms with van der Waals surface area (Å²) < 4.78 is 1.12. The number of hydrogen-bond donors (Lipinski definition) is 3. The summed E-state index contributed by atoms with van der Waals surface area (Å²) >= 11 is 8.95. The van der Waals surface area contributed by atoms with Crippen LogP contribution in [0.25, 0.3) is 21.5 Å². The van der Waals surface area contributed by atoms with Crippen LogP contribution < -0.4 is 5.32 Å². The molecule has 5 heteroatoms. The summed E-state index contributed by atoms with van der Waals surface area (Å²) in [7, 11) is 0. The lowest BCUT2D eigenvalue weighted by molar-refractivity contribution is 0.103. The van der Waals surface area contributed by atoms with Crippen LogP contribution in [0.2, 0.25) is 5.02 Å². The molecule has 3 aromatic carbocycles. The minimum atomic E-state index is -0.716. The van der Waals surface area contributed by atoms with E-state index >= 15 is 0 Å². The minimum Gasteiger partial charge on any atom is -0.394 e. The molecule has 0 unspecified atom stereocenters. The number of hydrogen-bond acceptors (Lipinski definition) is 3. The first-order valence-electron chi connectivity index (χ1n) is 7.74. The topological polar surface area (TPSA) is 52.5 Å². The van der Waals surface area contributed by atoms with Crippen LogP contribution in [0.15, 0.2) is 42.5 Å². The Labute approximate surface area is 159 Å². The van der Waals surface area contributed by atoms with E-state index in [2.05, 4.69) is 46.1 Å². The van der Waals surface area contributed by atoms with Gasteiger partial charge in [-0.2, -0.15) is 0 Å². The third-order valence-electron chi connectivity index (χ3n) is 4.42. The van der Waals surface area contributed by atoms with Gasteiger partial charge in [0.1, 0.15) is 0 Å². The predicted molar refractivity (Wildman–Crippen MR) is 109 cm³/mol. The second-order valence-electron chi connectivity index (χ2n) is 6.26. The number of benzene rings is 3. The summed E-state index contributed by atoms with van der Waals surface area (Å²) in [5, 5.41) is 27.2. The number of halogens is 2. The fourth-order valence-corrected chi connectivity index (χ4v) is 3.76. The molecule has 0 bridgehead atoms. The van der Waals surface area contributed by atoms with E-state index in [1.54, 1.807) is 6.92 Å². The van der Waals surface area contributed by atoms with Crippen molar-refractivity contribution in [1.29, 1.82) is 0 Å². The number of aliphatic hydroxyl groups is 2. The van der Waals surface area contributed by atoms with Crippen molar-refractivity contribution >= 4 is 55.7 Å². The molecular formula is C19H19ClINO2. The van der Waals surface area contributed by atoms with Crippen molar-refractivity contribution in [2.75, 3.05) is 13.2 Å². The van der Waals surface area contributed by atoms with E-state index in [1.807, 2.05) is 24.3 Å². The predicted octanol–water partition coefficient (Wildman–Crippen LogP) is 4.08. The molecular weight excluding hydrogens is 437 g/mol. The van der Waals surface area contributed by atoms with Gasteiger partial charge in [-0.25, -0.2) is 0 Å². The van der Waals surface area contributed by atoms with Crippen LogP contribution in [-0.2, 0) is 6.54 Å². The second-order valence-corrected chi connectivity index (χ2v) is 7.80. The first-order valence-corrected chi connectivity index (χ1v) is 9.20. The molecule has 24 heavy (non-hydrogen) atoms. The molecule has 0 saturated carbocycles. The van der Waals surface area contributed by atoms with Crippen molar-refractivity contribution in [1.82, 2.24) is 5.32 Å². The Balaban J connectivity index is 2.15. The number of aliphatic hydroxyl groups excluding tert-OH is 2. The Kier molecular flexibility index (Phi) is 5.32. The van der Waals surface area contributed by atoms with Crippen LogP contribution in [-0.4, -0.2) is 29.0 Å². The maximum atomic E-state index is 9.49. The smallest absolute Gasteiger partial charge is 0.0633 e. The van der Waals surface area contributed by atoms with Gasteiger partial charge in [0.05, 0.1) is 23.8 Å². The van der Waals surface area contributed by atoms with Crippen molar-refractivity contribution in [3.05, 3.63) is 56.6 Å². The highest BCUT2D eigenvalue weighted by molar-refractivity contribution is 14.1. The molecule has 126 valence electrons. The normalized spacial score (nSPS) is 12.2. The molecule has 0 saturated heterocycles. The Bertz CT molecular complexity index is 893. The van der Waals surface area contributed by atoms with Gasteiger partial charge in [-0.3, -0.25) is 0 Å². The Morgan fingerprint density at radius 3 is 2.46 bits per heavy atom. The number of fused-ring (bicyclic) bond motifs is 2. The van der Waals surface area contributed by atoms with Gasteiger partial charge in [0, 0.05) is 20.9 Å². The second kappa shape index (κ2) is 7.14. The highest BCUT2D eigenvalue weighted by atomic mass is 127. The maximum Gasteiger partial charge on any atom is 0.0633 e. The van der Waals surface area contributed by atoms with Crippen LogP contribution in [0.4, 0.5) is 0 Å². The van der Waals surface area contributed by atoms with Gasteiger partial charge in [-0.05, 0) is 58.0 Å². The number of nitrogens with one attached hydrogen (secondary N) is 1. The van der Waals surface area contributed by atoms with Gasteiger partial charge in [-0.15, -0.1) is 0 Å². The summed E-state index contributed by atoms with van der Waals surface area (Å²) in [6.07, 6.45) is 0. The van der Waals surface area contributed by atoms with Crippen LogP contribution in [0, 0.1) is 3.57 Å². The van der Waals surface area contributed by atoms with Gasteiger partial charge >= 0.3 is 0 Å². The lowest BCUT2D eigenvalue weighted by atomic mass is 9.98. The summed E-state index contributed by atoms with van der Waals surface area (Å²) in [6, 6.07) is 14.3. The third kappa shape index (κ3) is 3.26. The molecule has 3 nitrogen and oxygen atoms in total. The molecule has 0 radical (unpaired) electrons. The maximum absolute atomic E-state index is 9.49. The fourth-order valence-electron chi connectivity index (χ4n) is 2.76. The molecule has 0 atom stereocenters. The molecule has 0 aliphatic heterocycles. The van der Waals surface area contributed by atoms with Crippen molar-refractivity contribution in [2.24, 2.45) is 0 Å². The zero-order valence-corrected chi connectivity index (χ0v) is 16.2. The van der Waals surface area contributed by atoms with Gasteiger partial charge < -0.3 is 15.5 Å². The van der Waals surface area contributed by atoms with E-state index in [0.29, 0.717) is 6.54 Å². The summed E-state index contributed by atoms with van der Waals surface area (Å²) in [6.45, 7) is 2.08. The fraction of sp³-hybridized carbons (Fsp3) is 0.263. The molecule has 0 fully saturated rings. The molecule has 3 aromatic rings. The monoisotopic (exact) mass is 455 g/mol. The van der Waals surface area contributed by atoms with E-state index < -0.39 is 5.54 Å². The zero-order valence-electron chi connectivity index (χ0n) is 13.3. The molecule has 3 N–H and O–H groups in total. The van der Waals surface area contributed by atoms with Gasteiger partial charge in [0.15, 0.2) is 0 Å². The van der Waals surface area contributed by atoms with E-state index in [4.69, 9.17) is 11.6 Å². The van der Waals surface area contributed by atoms with E-state index in [-0.39, 0.29) is 13.2 Å². The lowest BCUT2D eigenvalue weighted by Crippen LogP contribution is -2.48. The van der Waals surface area contributed by atoms with E-state index in [1.165, 1.54) is 0 Å². The van der Waals surface area contributed by atoms with E-state index in [0.717, 1.165) is 35.7 Å². The van der Waals surface area contributed by atoms with Crippen LogP contribution in [0.5, 0.6) is 0 Å². The molecule has 0 spiro atoms. The van der Waals surface area contributed by atoms with Gasteiger partial charge in [0.2, 0.25) is 0 Å². The molecule has 0 aromatic heterocycles. The average molecular weight is 456 g/mol. The van der Waals surface area contributed by atoms with Crippen LogP contribution >= 0.6 is 34.2 Å². The number of rotatable bonds is 5. The SMILES string of the molecule is CC(CO)(CO)NCc1c(I)ccc2c(Cl)c3ccccc3cc12. The quantitative estimate of drug-likeness (QED) is 0.401. The van der Waals surface area contributed by atoms with Crippen molar-refractivity contribution in [3.8, 4) is 0 Å². The highest BCUT2D eigenvalue weighted by Gasteiger charge is 2.22. The Morgan fingerprint density at radius 2 is 1.75 bits per heavy atom.